The quantitative estimate of drug-likeness (QED) is 0.829. The van der Waals surface area contributed by atoms with Crippen molar-refractivity contribution < 1.29 is 4.79 Å². The predicted octanol–water partition coefficient (Wildman–Crippen LogP) is 2.10. The number of carbonyl (C=O) groups is 1. The average Bonchev–Trinajstić information content (AvgIpc) is 2.97. The van der Waals surface area contributed by atoms with Crippen LogP contribution in [0, 0.1) is 0 Å². The second-order valence-corrected chi connectivity index (χ2v) is 5.47. The van der Waals surface area contributed by atoms with Crippen LogP contribution in [0.3, 0.4) is 0 Å². The highest BCUT2D eigenvalue weighted by molar-refractivity contribution is 9.10. The molecule has 1 aliphatic heterocycles. The summed E-state index contributed by atoms with van der Waals surface area (Å²) < 4.78 is 0.801. The largest absolute Gasteiger partial charge is 0.369 e. The molecule has 0 bridgehead atoms. The summed E-state index contributed by atoms with van der Waals surface area (Å²) in [6.07, 6.45) is 4.26. The van der Waals surface area contributed by atoms with Crippen molar-refractivity contribution in [2.75, 3.05) is 36.8 Å². The monoisotopic (exact) mass is 341 g/mol. The molecule has 0 aromatic carbocycles. The summed E-state index contributed by atoms with van der Waals surface area (Å²) in [6, 6.07) is 0. The normalized spacial score (nSPS) is 14.4. The fourth-order valence-corrected chi connectivity index (χ4v) is 2.68. The third-order valence-corrected chi connectivity index (χ3v) is 3.97. The summed E-state index contributed by atoms with van der Waals surface area (Å²) >= 11 is 3.47. The van der Waals surface area contributed by atoms with Crippen LogP contribution in [0.2, 0.25) is 0 Å². The summed E-state index contributed by atoms with van der Waals surface area (Å²) in [5.41, 5.74) is 0. The second kappa shape index (κ2) is 7.42. The lowest BCUT2D eigenvalue weighted by Crippen LogP contribution is -2.29. The van der Waals surface area contributed by atoms with Crippen LogP contribution in [0.4, 0.5) is 11.6 Å². The maximum absolute atomic E-state index is 11.9. The lowest BCUT2D eigenvalue weighted by molar-refractivity contribution is -0.129. The van der Waals surface area contributed by atoms with Crippen LogP contribution in [-0.4, -0.2) is 47.0 Å². The molecule has 1 aromatic heterocycles. The van der Waals surface area contributed by atoms with E-state index in [0.717, 1.165) is 42.8 Å². The summed E-state index contributed by atoms with van der Waals surface area (Å²) in [4.78, 5) is 22.2. The molecule has 1 aromatic rings. The molecule has 1 aliphatic rings. The van der Waals surface area contributed by atoms with E-state index in [-0.39, 0.29) is 5.91 Å². The summed E-state index contributed by atoms with van der Waals surface area (Å²) in [6.45, 7) is 5.19. The maximum atomic E-state index is 11.9. The number of likely N-dealkylation sites (tertiary alicyclic amines) is 1. The summed E-state index contributed by atoms with van der Waals surface area (Å²) in [5, 5.41) is 6.33. The molecule has 1 fully saturated rings. The van der Waals surface area contributed by atoms with Crippen molar-refractivity contribution in [1.82, 2.24) is 14.9 Å². The minimum atomic E-state index is 0.215. The highest BCUT2D eigenvalue weighted by Gasteiger charge is 2.17. The van der Waals surface area contributed by atoms with E-state index in [9.17, 15) is 4.79 Å². The van der Waals surface area contributed by atoms with Crippen LogP contribution in [-0.2, 0) is 4.79 Å². The lowest BCUT2D eigenvalue weighted by atomic mass is 10.3. The first-order chi connectivity index (χ1) is 9.72. The van der Waals surface area contributed by atoms with Crippen molar-refractivity contribution in [3.05, 3.63) is 10.8 Å². The number of halogens is 1. The first-order valence-electron chi connectivity index (χ1n) is 6.98. The van der Waals surface area contributed by atoms with Crippen LogP contribution in [0.5, 0.6) is 0 Å². The lowest BCUT2D eigenvalue weighted by Gasteiger charge is -2.15. The van der Waals surface area contributed by atoms with Gasteiger partial charge in [-0.25, -0.2) is 9.97 Å². The molecule has 1 amide bonds. The smallest absolute Gasteiger partial charge is 0.224 e. The predicted molar refractivity (Wildman–Crippen MR) is 82.8 cm³/mol. The van der Waals surface area contributed by atoms with Crippen molar-refractivity contribution in [3.8, 4) is 0 Å². The number of nitrogens with zero attached hydrogens (tertiary/aromatic N) is 3. The Morgan fingerprint density at radius 2 is 1.95 bits per heavy atom. The molecule has 110 valence electrons. The van der Waals surface area contributed by atoms with Gasteiger partial charge in [-0.15, -0.1) is 0 Å². The van der Waals surface area contributed by atoms with Gasteiger partial charge in [-0.2, -0.15) is 0 Å². The number of carbonyl (C=O) groups excluding carboxylic acids is 1. The standard InChI is InChI=1S/C13H20BrN5O/c1-2-15-12-11(14)13(18-9-17-12)16-6-5-10(20)19-7-3-4-8-19/h9H,2-8H2,1H3,(H2,15,16,17,18). The van der Waals surface area contributed by atoms with Gasteiger partial charge in [0.15, 0.2) is 0 Å². The molecule has 20 heavy (non-hydrogen) atoms. The van der Waals surface area contributed by atoms with Crippen LogP contribution < -0.4 is 10.6 Å². The number of anilines is 2. The molecular formula is C13H20BrN5O. The minimum absolute atomic E-state index is 0.215. The number of rotatable bonds is 6. The molecule has 6 nitrogen and oxygen atoms in total. The van der Waals surface area contributed by atoms with Crippen molar-refractivity contribution in [3.63, 3.8) is 0 Å². The number of aromatic nitrogens is 2. The third kappa shape index (κ3) is 3.82. The van der Waals surface area contributed by atoms with Crippen LogP contribution in [0.25, 0.3) is 0 Å². The van der Waals surface area contributed by atoms with Gasteiger partial charge in [0.1, 0.15) is 22.4 Å². The van der Waals surface area contributed by atoms with Crippen LogP contribution in [0.1, 0.15) is 26.2 Å². The van der Waals surface area contributed by atoms with E-state index in [0.29, 0.717) is 18.8 Å². The van der Waals surface area contributed by atoms with E-state index in [2.05, 4.69) is 36.5 Å². The topological polar surface area (TPSA) is 70.1 Å². The van der Waals surface area contributed by atoms with Crippen molar-refractivity contribution in [2.45, 2.75) is 26.2 Å². The Labute approximate surface area is 127 Å². The molecular weight excluding hydrogens is 322 g/mol. The molecule has 2 rings (SSSR count). The Morgan fingerprint density at radius 1 is 1.30 bits per heavy atom. The van der Waals surface area contributed by atoms with E-state index in [1.165, 1.54) is 6.33 Å². The molecule has 2 N–H and O–H groups in total. The van der Waals surface area contributed by atoms with Gasteiger partial charge in [-0.05, 0) is 35.7 Å². The Kier molecular flexibility index (Phi) is 5.58. The Hall–Kier alpha value is -1.37. The van der Waals surface area contributed by atoms with Crippen molar-refractivity contribution >= 4 is 33.5 Å². The van der Waals surface area contributed by atoms with Gasteiger partial charge in [0.2, 0.25) is 5.91 Å². The molecule has 0 saturated carbocycles. The van der Waals surface area contributed by atoms with Crippen LogP contribution >= 0.6 is 15.9 Å². The second-order valence-electron chi connectivity index (χ2n) is 4.68. The van der Waals surface area contributed by atoms with Gasteiger partial charge in [0, 0.05) is 32.6 Å². The molecule has 7 heteroatoms. The van der Waals surface area contributed by atoms with Gasteiger partial charge >= 0.3 is 0 Å². The average molecular weight is 342 g/mol. The van der Waals surface area contributed by atoms with Gasteiger partial charge in [0.05, 0.1) is 0 Å². The number of amides is 1. The fraction of sp³-hybridized carbons (Fsp3) is 0.615. The van der Waals surface area contributed by atoms with Crippen LogP contribution in [0.15, 0.2) is 10.8 Å². The van der Waals surface area contributed by atoms with E-state index in [1.54, 1.807) is 0 Å². The molecule has 0 radical (unpaired) electrons. The summed E-state index contributed by atoms with van der Waals surface area (Å²) in [5.74, 6) is 1.69. The highest BCUT2D eigenvalue weighted by Crippen LogP contribution is 2.26. The highest BCUT2D eigenvalue weighted by atomic mass is 79.9. The molecule has 0 unspecified atom stereocenters. The Balaban J connectivity index is 1.84. The first-order valence-corrected chi connectivity index (χ1v) is 7.77. The zero-order chi connectivity index (χ0) is 14.4. The van der Waals surface area contributed by atoms with Gasteiger partial charge < -0.3 is 15.5 Å². The van der Waals surface area contributed by atoms with E-state index in [1.807, 2.05) is 11.8 Å². The molecule has 0 spiro atoms. The third-order valence-electron chi connectivity index (χ3n) is 3.22. The number of hydrogen-bond donors (Lipinski definition) is 2. The zero-order valence-corrected chi connectivity index (χ0v) is 13.2. The molecule has 0 aliphatic carbocycles. The van der Waals surface area contributed by atoms with E-state index >= 15 is 0 Å². The van der Waals surface area contributed by atoms with Crippen molar-refractivity contribution in [1.29, 1.82) is 0 Å². The number of hydrogen-bond acceptors (Lipinski definition) is 5. The van der Waals surface area contributed by atoms with Gasteiger partial charge in [-0.3, -0.25) is 4.79 Å². The summed E-state index contributed by atoms with van der Waals surface area (Å²) in [7, 11) is 0. The van der Waals surface area contributed by atoms with Gasteiger partial charge in [-0.1, -0.05) is 0 Å². The molecule has 1 saturated heterocycles. The first kappa shape index (κ1) is 15.0. The fourth-order valence-electron chi connectivity index (χ4n) is 2.20. The Morgan fingerprint density at radius 3 is 2.60 bits per heavy atom. The maximum Gasteiger partial charge on any atom is 0.224 e. The Bertz CT molecular complexity index is 462. The zero-order valence-electron chi connectivity index (χ0n) is 11.7. The van der Waals surface area contributed by atoms with Gasteiger partial charge in [0.25, 0.3) is 0 Å². The molecule has 2 heterocycles. The van der Waals surface area contributed by atoms with E-state index < -0.39 is 0 Å². The minimum Gasteiger partial charge on any atom is -0.369 e. The SMILES string of the molecule is CCNc1ncnc(NCCC(=O)N2CCCC2)c1Br. The number of nitrogens with one attached hydrogen (secondary N) is 2. The van der Waals surface area contributed by atoms with E-state index in [4.69, 9.17) is 0 Å². The van der Waals surface area contributed by atoms with Crippen molar-refractivity contribution in [2.24, 2.45) is 0 Å². The molecule has 0 atom stereocenters.